The van der Waals surface area contributed by atoms with Gasteiger partial charge in [0.2, 0.25) is 6.79 Å². The van der Waals surface area contributed by atoms with E-state index in [1.165, 1.54) is 0 Å². The van der Waals surface area contributed by atoms with Crippen LogP contribution in [0.25, 0.3) is 0 Å². The lowest BCUT2D eigenvalue weighted by atomic mass is 10.2. The number of rotatable bonds is 3. The Morgan fingerprint density at radius 3 is 2.57 bits per heavy atom. The molecule has 3 nitrogen and oxygen atoms in total. The van der Waals surface area contributed by atoms with Gasteiger partial charge < -0.3 is 14.8 Å². The Balaban J connectivity index is 1.81. The number of aryl methyl sites for hydroxylation is 1. The molecular formula is C15H12BrCl2NO2. The number of hydrogen-bond acceptors (Lipinski definition) is 3. The van der Waals surface area contributed by atoms with Gasteiger partial charge in [0.05, 0.1) is 10.7 Å². The summed E-state index contributed by atoms with van der Waals surface area (Å²) >= 11 is 15.9. The first-order valence-electron chi connectivity index (χ1n) is 6.32. The van der Waals surface area contributed by atoms with Crippen LogP contribution in [0.1, 0.15) is 11.1 Å². The third kappa shape index (κ3) is 3.07. The number of halogens is 3. The van der Waals surface area contributed by atoms with Crippen molar-refractivity contribution in [3.63, 3.8) is 0 Å². The topological polar surface area (TPSA) is 30.5 Å². The molecule has 0 bridgehead atoms. The van der Waals surface area contributed by atoms with Crippen LogP contribution < -0.4 is 14.8 Å². The lowest BCUT2D eigenvalue weighted by Gasteiger charge is -2.12. The molecule has 0 aromatic heterocycles. The molecule has 0 unspecified atom stereocenters. The molecule has 0 spiro atoms. The summed E-state index contributed by atoms with van der Waals surface area (Å²) in [5.74, 6) is 1.50. The minimum atomic E-state index is 0.262. The Morgan fingerprint density at radius 1 is 1.10 bits per heavy atom. The second kappa shape index (κ2) is 5.95. The molecule has 3 rings (SSSR count). The highest BCUT2D eigenvalue weighted by atomic mass is 79.9. The summed E-state index contributed by atoms with van der Waals surface area (Å²) in [7, 11) is 0. The number of hydrogen-bond donors (Lipinski definition) is 1. The second-order valence-electron chi connectivity index (χ2n) is 4.73. The Hall–Kier alpha value is -1.10. The lowest BCUT2D eigenvalue weighted by molar-refractivity contribution is 0.174. The van der Waals surface area contributed by atoms with Gasteiger partial charge in [0.1, 0.15) is 0 Å². The third-order valence-electron chi connectivity index (χ3n) is 3.26. The Kier molecular flexibility index (Phi) is 4.20. The SMILES string of the molecule is Cc1cc(Cl)c(NCc2cc3c(cc2Br)OCO3)cc1Cl. The maximum Gasteiger partial charge on any atom is 0.231 e. The average molecular weight is 389 g/mol. The molecule has 1 aliphatic heterocycles. The molecule has 6 heteroatoms. The fraction of sp³-hybridized carbons (Fsp3) is 0.200. The molecule has 21 heavy (non-hydrogen) atoms. The standard InChI is InChI=1S/C15H12BrCl2NO2/c1-8-2-12(18)13(5-11(8)17)19-6-9-3-14-15(4-10(9)16)21-7-20-14/h2-5,19H,6-7H2,1H3. The number of fused-ring (bicyclic) bond motifs is 1. The van der Waals surface area contributed by atoms with Gasteiger partial charge in [0.25, 0.3) is 0 Å². The molecule has 0 saturated heterocycles. The van der Waals surface area contributed by atoms with E-state index >= 15 is 0 Å². The van der Waals surface area contributed by atoms with E-state index in [2.05, 4.69) is 21.2 Å². The molecule has 2 aromatic carbocycles. The van der Waals surface area contributed by atoms with E-state index in [1.54, 1.807) is 0 Å². The van der Waals surface area contributed by atoms with Gasteiger partial charge in [-0.2, -0.15) is 0 Å². The van der Waals surface area contributed by atoms with Crippen LogP contribution in [-0.4, -0.2) is 6.79 Å². The van der Waals surface area contributed by atoms with Crippen molar-refractivity contribution in [3.8, 4) is 11.5 Å². The Morgan fingerprint density at radius 2 is 1.81 bits per heavy atom. The lowest BCUT2D eigenvalue weighted by Crippen LogP contribution is -2.01. The van der Waals surface area contributed by atoms with Crippen molar-refractivity contribution in [3.05, 3.63) is 49.9 Å². The van der Waals surface area contributed by atoms with Gasteiger partial charge in [-0.05, 0) is 42.3 Å². The molecule has 2 aromatic rings. The predicted octanol–water partition coefficient (Wildman–Crippen LogP) is 5.41. The van der Waals surface area contributed by atoms with Crippen LogP contribution in [0.4, 0.5) is 5.69 Å². The van der Waals surface area contributed by atoms with E-state index in [4.69, 9.17) is 32.7 Å². The van der Waals surface area contributed by atoms with Crippen molar-refractivity contribution < 1.29 is 9.47 Å². The van der Waals surface area contributed by atoms with E-state index in [-0.39, 0.29) is 6.79 Å². The van der Waals surface area contributed by atoms with Gasteiger partial charge >= 0.3 is 0 Å². The fourth-order valence-corrected chi connectivity index (χ4v) is 2.98. The highest BCUT2D eigenvalue weighted by Gasteiger charge is 2.16. The summed E-state index contributed by atoms with van der Waals surface area (Å²) < 4.78 is 11.7. The van der Waals surface area contributed by atoms with Crippen molar-refractivity contribution in [2.24, 2.45) is 0 Å². The number of ether oxygens (including phenoxy) is 2. The highest BCUT2D eigenvalue weighted by molar-refractivity contribution is 9.10. The first-order valence-corrected chi connectivity index (χ1v) is 7.87. The van der Waals surface area contributed by atoms with Gasteiger partial charge in [0, 0.05) is 16.0 Å². The molecule has 0 amide bonds. The number of nitrogens with one attached hydrogen (secondary N) is 1. The van der Waals surface area contributed by atoms with Crippen LogP contribution in [-0.2, 0) is 6.54 Å². The van der Waals surface area contributed by atoms with Gasteiger partial charge in [-0.25, -0.2) is 0 Å². The van der Waals surface area contributed by atoms with Crippen LogP contribution in [0.15, 0.2) is 28.7 Å². The van der Waals surface area contributed by atoms with E-state index in [1.807, 2.05) is 31.2 Å². The Labute approximate surface area is 141 Å². The normalized spacial score (nSPS) is 12.6. The zero-order valence-electron chi connectivity index (χ0n) is 11.2. The molecule has 0 radical (unpaired) electrons. The van der Waals surface area contributed by atoms with Crippen LogP contribution in [0.2, 0.25) is 10.0 Å². The molecule has 0 fully saturated rings. The van der Waals surface area contributed by atoms with Crippen molar-refractivity contribution >= 4 is 44.8 Å². The van der Waals surface area contributed by atoms with Crippen LogP contribution in [0.5, 0.6) is 11.5 Å². The zero-order chi connectivity index (χ0) is 15.0. The summed E-state index contributed by atoms with van der Waals surface area (Å²) in [4.78, 5) is 0. The monoisotopic (exact) mass is 387 g/mol. The van der Waals surface area contributed by atoms with Crippen molar-refractivity contribution in [1.82, 2.24) is 0 Å². The summed E-state index contributed by atoms with van der Waals surface area (Å²) in [6.45, 7) is 2.78. The van der Waals surface area contributed by atoms with Crippen LogP contribution in [0, 0.1) is 6.92 Å². The minimum Gasteiger partial charge on any atom is -0.454 e. The third-order valence-corrected chi connectivity index (χ3v) is 4.72. The van der Waals surface area contributed by atoms with Crippen molar-refractivity contribution in [1.29, 1.82) is 0 Å². The fourth-order valence-electron chi connectivity index (χ4n) is 2.07. The molecule has 0 atom stereocenters. The van der Waals surface area contributed by atoms with E-state index in [0.29, 0.717) is 16.6 Å². The van der Waals surface area contributed by atoms with Crippen LogP contribution >= 0.6 is 39.1 Å². The average Bonchev–Trinajstić information content (AvgIpc) is 2.88. The Bertz CT molecular complexity index is 707. The van der Waals surface area contributed by atoms with E-state index < -0.39 is 0 Å². The van der Waals surface area contributed by atoms with Gasteiger partial charge in [-0.1, -0.05) is 39.1 Å². The van der Waals surface area contributed by atoms with Gasteiger partial charge in [-0.3, -0.25) is 0 Å². The highest BCUT2D eigenvalue weighted by Crippen LogP contribution is 2.37. The minimum absolute atomic E-state index is 0.262. The number of anilines is 1. The van der Waals surface area contributed by atoms with Gasteiger partial charge in [-0.15, -0.1) is 0 Å². The number of benzene rings is 2. The molecule has 0 saturated carbocycles. The maximum atomic E-state index is 6.22. The quantitative estimate of drug-likeness (QED) is 0.762. The summed E-state index contributed by atoms with van der Waals surface area (Å²) in [5, 5.41) is 4.62. The van der Waals surface area contributed by atoms with Crippen molar-refractivity contribution in [2.45, 2.75) is 13.5 Å². The van der Waals surface area contributed by atoms with E-state index in [0.717, 1.165) is 32.8 Å². The molecule has 1 heterocycles. The van der Waals surface area contributed by atoms with Crippen LogP contribution in [0.3, 0.4) is 0 Å². The molecule has 0 aliphatic carbocycles. The largest absolute Gasteiger partial charge is 0.454 e. The second-order valence-corrected chi connectivity index (χ2v) is 6.40. The molecule has 1 N–H and O–H groups in total. The maximum absolute atomic E-state index is 6.22. The molecular weight excluding hydrogens is 377 g/mol. The van der Waals surface area contributed by atoms with Gasteiger partial charge in [0.15, 0.2) is 11.5 Å². The smallest absolute Gasteiger partial charge is 0.231 e. The van der Waals surface area contributed by atoms with Crippen molar-refractivity contribution in [2.75, 3.05) is 12.1 Å². The first-order chi connectivity index (χ1) is 10.0. The molecule has 1 aliphatic rings. The molecule has 110 valence electrons. The summed E-state index contributed by atoms with van der Waals surface area (Å²) in [6.07, 6.45) is 0. The first kappa shape index (κ1) is 14.8. The zero-order valence-corrected chi connectivity index (χ0v) is 14.3. The van der Waals surface area contributed by atoms with E-state index in [9.17, 15) is 0 Å². The summed E-state index contributed by atoms with van der Waals surface area (Å²) in [5.41, 5.74) is 2.81. The predicted molar refractivity (Wildman–Crippen MR) is 88.8 cm³/mol. The summed E-state index contributed by atoms with van der Waals surface area (Å²) in [6, 6.07) is 7.53.